The van der Waals surface area contributed by atoms with Gasteiger partial charge in [0.05, 0.1) is 24.3 Å². The van der Waals surface area contributed by atoms with Gasteiger partial charge in [0.1, 0.15) is 0 Å². The molecule has 9 rings (SSSR count). The van der Waals surface area contributed by atoms with Crippen LogP contribution in [-0.4, -0.2) is 51.7 Å². The number of urea groups is 1. The smallest absolute Gasteiger partial charge is 0.317 e. The first kappa shape index (κ1) is 38.5. The van der Waals surface area contributed by atoms with E-state index in [4.69, 9.17) is 0 Å². The molecule has 3 aromatic rings. The molecule has 8 atom stereocenters. The van der Waals surface area contributed by atoms with Crippen molar-refractivity contribution in [2.45, 2.75) is 122 Å². The molecular formula is C48H62N2O4. The number of benzene rings is 3. The fourth-order valence-corrected chi connectivity index (χ4v) is 11.0. The molecule has 4 bridgehead atoms. The molecule has 2 amide bonds. The quantitative estimate of drug-likeness (QED) is 0.159. The number of hydrogen-bond donors (Lipinski definition) is 3. The summed E-state index contributed by atoms with van der Waals surface area (Å²) in [6.07, 6.45) is 10.0. The Morgan fingerprint density at radius 3 is 2.35 bits per heavy atom. The summed E-state index contributed by atoms with van der Waals surface area (Å²) >= 11 is 0. The molecule has 6 aliphatic rings. The van der Waals surface area contributed by atoms with E-state index in [1.807, 2.05) is 66.4 Å². The van der Waals surface area contributed by atoms with Gasteiger partial charge in [-0.25, -0.2) is 4.79 Å². The molecule has 0 aliphatic heterocycles. The zero-order valence-corrected chi connectivity index (χ0v) is 33.2. The molecule has 4 fully saturated rings. The van der Waals surface area contributed by atoms with E-state index in [9.17, 15) is 19.8 Å². The molecule has 0 aromatic heterocycles. The van der Waals surface area contributed by atoms with Crippen molar-refractivity contribution in [3.05, 3.63) is 118 Å². The van der Waals surface area contributed by atoms with E-state index >= 15 is 0 Å². The van der Waals surface area contributed by atoms with E-state index in [0.29, 0.717) is 61.6 Å². The van der Waals surface area contributed by atoms with Crippen molar-refractivity contribution >= 4 is 11.8 Å². The summed E-state index contributed by atoms with van der Waals surface area (Å²) in [5, 5.41) is 27.6. The first-order valence-electron chi connectivity index (χ1n) is 20.7. The maximum absolute atomic E-state index is 14.5. The van der Waals surface area contributed by atoms with Crippen molar-refractivity contribution in [1.29, 1.82) is 0 Å². The van der Waals surface area contributed by atoms with Crippen LogP contribution >= 0.6 is 0 Å². The number of ketones is 1. The Balaban J connectivity index is 1.26. The molecule has 6 aliphatic carbocycles. The Hall–Kier alpha value is -3.74. The fraction of sp³-hybridized carbons (Fsp3) is 0.542. The lowest BCUT2D eigenvalue weighted by Gasteiger charge is -2.60. The first-order valence-corrected chi connectivity index (χ1v) is 20.7. The number of allylic oxidation sites excluding steroid dienone is 2. The fourth-order valence-electron chi connectivity index (χ4n) is 11.0. The van der Waals surface area contributed by atoms with Gasteiger partial charge in [-0.2, -0.15) is 0 Å². The second-order valence-corrected chi connectivity index (χ2v) is 18.3. The molecule has 8 unspecified atom stereocenters. The molecule has 54 heavy (non-hydrogen) atoms. The largest absolute Gasteiger partial charge is 0.393 e. The maximum atomic E-state index is 14.5. The average molecular weight is 731 g/mol. The molecule has 3 N–H and O–H groups in total. The van der Waals surface area contributed by atoms with Crippen LogP contribution in [0.5, 0.6) is 0 Å². The van der Waals surface area contributed by atoms with Gasteiger partial charge in [-0.1, -0.05) is 105 Å². The van der Waals surface area contributed by atoms with Crippen LogP contribution in [-0.2, 0) is 6.42 Å². The Kier molecular flexibility index (Phi) is 11.0. The maximum Gasteiger partial charge on any atom is 0.317 e. The third kappa shape index (κ3) is 7.45. The van der Waals surface area contributed by atoms with Crippen LogP contribution in [0.15, 0.2) is 90.5 Å². The van der Waals surface area contributed by atoms with Crippen molar-refractivity contribution in [2.24, 2.45) is 28.6 Å². The number of aliphatic hydroxyl groups excluding tert-OH is 1. The Morgan fingerprint density at radius 2 is 1.65 bits per heavy atom. The normalized spacial score (nSPS) is 30.9. The summed E-state index contributed by atoms with van der Waals surface area (Å²) < 4.78 is 0. The first-order chi connectivity index (χ1) is 25.8. The predicted octanol–water partition coefficient (Wildman–Crippen LogP) is 9.80. The van der Waals surface area contributed by atoms with Gasteiger partial charge in [-0.15, -0.1) is 0 Å². The van der Waals surface area contributed by atoms with Crippen LogP contribution in [0.25, 0.3) is 0 Å². The second kappa shape index (κ2) is 15.4. The average Bonchev–Trinajstić information content (AvgIpc) is 3.42. The van der Waals surface area contributed by atoms with E-state index in [2.05, 4.69) is 63.4 Å². The highest BCUT2D eigenvalue weighted by atomic mass is 16.3. The molecule has 0 saturated heterocycles. The second-order valence-electron chi connectivity index (χ2n) is 18.3. The van der Waals surface area contributed by atoms with Crippen LogP contribution < -0.4 is 5.32 Å². The van der Waals surface area contributed by atoms with Gasteiger partial charge in [0.2, 0.25) is 0 Å². The highest BCUT2D eigenvalue weighted by Gasteiger charge is 2.59. The van der Waals surface area contributed by atoms with Crippen molar-refractivity contribution in [2.75, 3.05) is 13.1 Å². The number of hydrogen-bond acceptors (Lipinski definition) is 4. The lowest BCUT2D eigenvalue weighted by atomic mass is 9.45. The summed E-state index contributed by atoms with van der Waals surface area (Å²) in [7, 11) is 0. The van der Waals surface area contributed by atoms with Gasteiger partial charge in [0, 0.05) is 23.1 Å². The molecule has 3 aromatic carbocycles. The van der Waals surface area contributed by atoms with E-state index < -0.39 is 17.1 Å². The Morgan fingerprint density at radius 1 is 0.926 bits per heavy atom. The van der Waals surface area contributed by atoms with Crippen LogP contribution in [0.1, 0.15) is 137 Å². The number of aliphatic hydroxyl groups is 2. The van der Waals surface area contributed by atoms with E-state index in [1.165, 1.54) is 18.4 Å². The zero-order valence-electron chi connectivity index (χ0n) is 33.2. The Labute approximate surface area is 323 Å². The number of nitrogens with one attached hydrogen (secondary N) is 1. The number of rotatable bonds is 8. The predicted molar refractivity (Wildman–Crippen MR) is 216 cm³/mol. The minimum atomic E-state index is -1.18. The van der Waals surface area contributed by atoms with Gasteiger partial charge < -0.3 is 20.4 Å². The molecule has 6 nitrogen and oxygen atoms in total. The summed E-state index contributed by atoms with van der Waals surface area (Å²) in [5.74, 6) is 1.60. The van der Waals surface area contributed by atoms with Gasteiger partial charge in [0.15, 0.2) is 5.78 Å². The third-order valence-corrected chi connectivity index (χ3v) is 14.8. The standard InChI is InChI=1S/C48H62N2O4/c1-32-13-12-25-47(5)42(40-23-19-34(27-39(51)22-18-32)28-41(40)44(52)36-16-10-7-11-17-36)24-26-48(47,54)31-50(30-37-20-21-38-29-43(37)46(38,3)4)45(53)49-33(2)35-14-8-6-9-15-35/h6-11,13-17,19,23,28,33,37-39,42-43,51,54H,12,18,20-22,24-27,29-31H2,1-5H3,(H,49,53). The van der Waals surface area contributed by atoms with Crippen LogP contribution in [0.4, 0.5) is 4.79 Å². The van der Waals surface area contributed by atoms with E-state index in [0.717, 1.165) is 41.9 Å². The number of nitrogens with zero attached hydrogens (tertiary/aromatic N) is 1. The number of amides is 2. The summed E-state index contributed by atoms with van der Waals surface area (Å²) in [6, 6.07) is 25.4. The van der Waals surface area contributed by atoms with Crippen LogP contribution in [0, 0.1) is 28.6 Å². The van der Waals surface area contributed by atoms with Crippen LogP contribution in [0.3, 0.4) is 0 Å². The van der Waals surface area contributed by atoms with E-state index in [-0.39, 0.29) is 35.7 Å². The Bertz CT molecular complexity index is 1840. The van der Waals surface area contributed by atoms with Crippen molar-refractivity contribution < 1.29 is 19.8 Å². The summed E-state index contributed by atoms with van der Waals surface area (Å²) in [4.78, 5) is 30.9. The summed E-state index contributed by atoms with van der Waals surface area (Å²) in [6.45, 7) is 12.1. The molecule has 0 radical (unpaired) electrons. The third-order valence-electron chi connectivity index (χ3n) is 14.8. The minimum absolute atomic E-state index is 0.0304. The highest BCUT2D eigenvalue weighted by molar-refractivity contribution is 6.10. The van der Waals surface area contributed by atoms with Crippen molar-refractivity contribution in [3.63, 3.8) is 0 Å². The monoisotopic (exact) mass is 730 g/mol. The topological polar surface area (TPSA) is 89.9 Å². The number of carbonyl (C=O) groups is 2. The van der Waals surface area contributed by atoms with Gasteiger partial charge in [-0.3, -0.25) is 4.79 Å². The molecule has 0 spiro atoms. The minimum Gasteiger partial charge on any atom is -0.393 e. The van der Waals surface area contributed by atoms with Crippen LogP contribution in [0.2, 0.25) is 0 Å². The number of fused-ring (bicyclic) bond motifs is 10. The van der Waals surface area contributed by atoms with Gasteiger partial charge in [0.25, 0.3) is 0 Å². The molecule has 0 heterocycles. The lowest BCUT2D eigenvalue weighted by molar-refractivity contribution is -0.118. The van der Waals surface area contributed by atoms with E-state index in [1.54, 1.807) is 0 Å². The molecule has 288 valence electrons. The molecule has 4 saturated carbocycles. The van der Waals surface area contributed by atoms with Gasteiger partial charge in [-0.05, 0) is 130 Å². The molecule has 6 heteroatoms. The number of carbonyl (C=O) groups excluding carboxylic acids is 2. The zero-order chi connectivity index (χ0) is 38.3. The molecular weight excluding hydrogens is 669 g/mol. The van der Waals surface area contributed by atoms with Crippen molar-refractivity contribution in [1.82, 2.24) is 10.2 Å². The SMILES string of the molecule is CC1=CCCC2(C)C(CCC2(O)CN(CC2CCC3CC2C3(C)C)C(=O)NC(C)c2ccccc2)c2ccc(cc2C(=O)c2ccccc2)CC(O)CC1. The highest BCUT2D eigenvalue weighted by Crippen LogP contribution is 2.62. The van der Waals surface area contributed by atoms with Crippen molar-refractivity contribution in [3.8, 4) is 0 Å². The lowest BCUT2D eigenvalue weighted by Crippen LogP contribution is -2.59. The van der Waals surface area contributed by atoms with Gasteiger partial charge >= 0.3 is 6.03 Å². The summed E-state index contributed by atoms with van der Waals surface area (Å²) in [5.41, 5.74) is 3.97.